The Bertz CT molecular complexity index is 482. The van der Waals surface area contributed by atoms with Crippen molar-refractivity contribution < 1.29 is 23.0 Å². The highest BCUT2D eigenvalue weighted by molar-refractivity contribution is 5.30. The third-order valence-electron chi connectivity index (χ3n) is 3.99. The summed E-state index contributed by atoms with van der Waals surface area (Å²) in [5.74, 6) is -1.19. The molecule has 0 bridgehead atoms. The summed E-state index contributed by atoms with van der Waals surface area (Å²) < 4.78 is 43.8. The van der Waals surface area contributed by atoms with Crippen LogP contribution < -0.4 is 0 Å². The van der Waals surface area contributed by atoms with Crippen LogP contribution in [0, 0.1) is 11.6 Å². The van der Waals surface area contributed by atoms with E-state index < -0.39 is 17.2 Å². The van der Waals surface area contributed by atoms with Crippen LogP contribution >= 0.6 is 0 Å². The minimum absolute atomic E-state index is 0.261. The van der Waals surface area contributed by atoms with E-state index in [-0.39, 0.29) is 12.4 Å². The molecule has 2 aliphatic heterocycles. The zero-order valence-electron chi connectivity index (χ0n) is 11.4. The van der Waals surface area contributed by atoms with Crippen LogP contribution in [0.2, 0.25) is 0 Å². The van der Waals surface area contributed by atoms with Crippen molar-refractivity contribution in [2.75, 3.05) is 13.2 Å². The Labute approximate surface area is 116 Å². The summed E-state index contributed by atoms with van der Waals surface area (Å²) in [6, 6.07) is 3.55. The van der Waals surface area contributed by atoms with Gasteiger partial charge in [-0.3, -0.25) is 0 Å². The first-order valence-corrected chi connectivity index (χ1v) is 6.98. The lowest BCUT2D eigenvalue weighted by Crippen LogP contribution is -2.35. The van der Waals surface area contributed by atoms with E-state index in [2.05, 4.69) is 0 Å². The predicted molar refractivity (Wildman–Crippen MR) is 68.1 cm³/mol. The lowest BCUT2D eigenvalue weighted by Gasteiger charge is -2.29. The molecule has 0 N–H and O–H groups in total. The van der Waals surface area contributed by atoms with E-state index in [1.54, 1.807) is 0 Å². The maximum atomic E-state index is 13.9. The molecule has 1 aromatic rings. The van der Waals surface area contributed by atoms with Gasteiger partial charge in [-0.15, -0.1) is 0 Å². The predicted octanol–water partition coefficient (Wildman–Crippen LogP) is 3.12. The topological polar surface area (TPSA) is 31.0 Å². The molecule has 3 atom stereocenters. The summed E-state index contributed by atoms with van der Waals surface area (Å²) in [6.07, 6.45) is 2.35. The third-order valence-corrected chi connectivity index (χ3v) is 3.99. The molecule has 0 radical (unpaired) electrons. The normalized spacial score (nSPS) is 31.1. The summed E-state index contributed by atoms with van der Waals surface area (Å²) in [7, 11) is 0. The zero-order valence-corrected chi connectivity index (χ0v) is 11.4. The largest absolute Gasteiger partial charge is 0.362 e. The lowest BCUT2D eigenvalue weighted by atomic mass is 9.94. The van der Waals surface area contributed by atoms with E-state index >= 15 is 0 Å². The van der Waals surface area contributed by atoms with Gasteiger partial charge in [-0.25, -0.2) is 8.78 Å². The molecule has 20 heavy (non-hydrogen) atoms. The molecule has 0 spiro atoms. The fraction of sp³-hybridized carbons (Fsp3) is 0.600. The monoisotopic (exact) mass is 284 g/mol. The molecular formula is C15H18F2O3. The van der Waals surface area contributed by atoms with Crippen LogP contribution in [0.1, 0.15) is 31.7 Å². The van der Waals surface area contributed by atoms with Gasteiger partial charge in [0.1, 0.15) is 17.2 Å². The summed E-state index contributed by atoms with van der Waals surface area (Å²) in [4.78, 5) is 0. The first-order chi connectivity index (χ1) is 9.62. The van der Waals surface area contributed by atoms with Gasteiger partial charge < -0.3 is 14.2 Å². The first kappa shape index (κ1) is 13.9. The molecule has 0 aromatic heterocycles. The first-order valence-electron chi connectivity index (χ1n) is 6.98. The van der Waals surface area contributed by atoms with Crippen LogP contribution in [0.15, 0.2) is 18.2 Å². The highest BCUT2D eigenvalue weighted by atomic mass is 19.1. The third kappa shape index (κ3) is 2.57. The van der Waals surface area contributed by atoms with E-state index in [9.17, 15) is 8.78 Å². The Morgan fingerprint density at radius 3 is 2.75 bits per heavy atom. The molecule has 2 fully saturated rings. The number of halogens is 2. The second-order valence-corrected chi connectivity index (χ2v) is 5.38. The van der Waals surface area contributed by atoms with Crippen molar-refractivity contribution >= 4 is 0 Å². The number of rotatable bonds is 4. The Hall–Kier alpha value is -1.04. The minimum atomic E-state index is -0.807. The van der Waals surface area contributed by atoms with E-state index in [0.29, 0.717) is 18.8 Å². The van der Waals surface area contributed by atoms with Crippen LogP contribution in [-0.4, -0.2) is 25.6 Å². The molecule has 0 aliphatic carbocycles. The van der Waals surface area contributed by atoms with Crippen LogP contribution in [0.25, 0.3) is 0 Å². The van der Waals surface area contributed by atoms with Crippen molar-refractivity contribution in [3.05, 3.63) is 35.4 Å². The average Bonchev–Trinajstić information content (AvgIpc) is 3.21. The van der Waals surface area contributed by atoms with Gasteiger partial charge >= 0.3 is 0 Å². The quantitative estimate of drug-likeness (QED) is 0.796. The SMILES string of the molecule is C[C@@H](OC1CCCCO1)[C@]1(c2ccc(F)cc2F)CO1. The second-order valence-electron chi connectivity index (χ2n) is 5.38. The van der Waals surface area contributed by atoms with Crippen molar-refractivity contribution in [2.24, 2.45) is 0 Å². The zero-order chi connectivity index (χ0) is 14.2. The highest BCUT2D eigenvalue weighted by Crippen LogP contribution is 2.45. The molecule has 1 aromatic carbocycles. The standard InChI is InChI=1S/C15H18F2O3/c1-10(20-14-4-2-3-7-18-14)15(9-19-15)12-6-5-11(16)8-13(12)17/h5-6,8,10,14H,2-4,7,9H2,1H3/t10-,14?,15+/m1/s1. The fourth-order valence-electron chi connectivity index (χ4n) is 2.68. The molecule has 5 heteroatoms. The van der Waals surface area contributed by atoms with Crippen molar-refractivity contribution in [3.8, 4) is 0 Å². The van der Waals surface area contributed by atoms with Gasteiger partial charge in [-0.05, 0) is 32.3 Å². The van der Waals surface area contributed by atoms with Crippen LogP contribution in [0.4, 0.5) is 8.78 Å². The maximum absolute atomic E-state index is 13.9. The molecule has 110 valence electrons. The van der Waals surface area contributed by atoms with E-state index in [4.69, 9.17) is 14.2 Å². The molecule has 2 aliphatic rings. The Balaban J connectivity index is 1.74. The van der Waals surface area contributed by atoms with Gasteiger partial charge in [-0.2, -0.15) is 0 Å². The minimum Gasteiger partial charge on any atom is -0.362 e. The summed E-state index contributed by atoms with van der Waals surface area (Å²) in [5, 5.41) is 0. The van der Waals surface area contributed by atoms with E-state index in [1.165, 1.54) is 12.1 Å². The summed E-state index contributed by atoms with van der Waals surface area (Å²) in [6.45, 7) is 2.91. The van der Waals surface area contributed by atoms with Crippen LogP contribution in [0.3, 0.4) is 0 Å². The van der Waals surface area contributed by atoms with Gasteiger partial charge in [0.25, 0.3) is 0 Å². The Morgan fingerprint density at radius 2 is 2.15 bits per heavy atom. The summed E-state index contributed by atoms with van der Waals surface area (Å²) in [5.41, 5.74) is -0.458. The van der Waals surface area contributed by atoms with Gasteiger partial charge in [0.05, 0.1) is 12.7 Å². The lowest BCUT2D eigenvalue weighted by molar-refractivity contribution is -0.197. The number of hydrogen-bond donors (Lipinski definition) is 0. The fourth-order valence-corrected chi connectivity index (χ4v) is 2.68. The number of benzene rings is 1. The van der Waals surface area contributed by atoms with E-state index in [1.807, 2.05) is 6.92 Å². The van der Waals surface area contributed by atoms with Gasteiger partial charge in [0.2, 0.25) is 0 Å². The summed E-state index contributed by atoms with van der Waals surface area (Å²) >= 11 is 0. The molecule has 0 saturated carbocycles. The van der Waals surface area contributed by atoms with Gasteiger partial charge in [0.15, 0.2) is 6.29 Å². The van der Waals surface area contributed by atoms with Crippen LogP contribution in [-0.2, 0) is 19.8 Å². The molecule has 1 unspecified atom stereocenters. The molecule has 3 nitrogen and oxygen atoms in total. The molecular weight excluding hydrogens is 266 g/mol. The number of epoxide rings is 1. The Morgan fingerprint density at radius 1 is 1.35 bits per heavy atom. The molecule has 2 heterocycles. The van der Waals surface area contributed by atoms with Crippen molar-refractivity contribution in [1.29, 1.82) is 0 Å². The van der Waals surface area contributed by atoms with Crippen molar-refractivity contribution in [2.45, 2.75) is 44.2 Å². The van der Waals surface area contributed by atoms with Gasteiger partial charge in [0, 0.05) is 18.2 Å². The Kier molecular flexibility index (Phi) is 3.75. The van der Waals surface area contributed by atoms with Gasteiger partial charge in [-0.1, -0.05) is 6.07 Å². The number of hydrogen-bond acceptors (Lipinski definition) is 3. The average molecular weight is 284 g/mol. The van der Waals surface area contributed by atoms with Crippen LogP contribution in [0.5, 0.6) is 0 Å². The molecule has 0 amide bonds. The molecule has 2 saturated heterocycles. The van der Waals surface area contributed by atoms with Crippen molar-refractivity contribution in [3.63, 3.8) is 0 Å². The highest BCUT2D eigenvalue weighted by Gasteiger charge is 2.54. The maximum Gasteiger partial charge on any atom is 0.158 e. The second kappa shape index (κ2) is 5.39. The number of ether oxygens (including phenoxy) is 3. The molecule has 3 rings (SSSR count). The van der Waals surface area contributed by atoms with E-state index in [0.717, 1.165) is 25.3 Å². The van der Waals surface area contributed by atoms with Crippen molar-refractivity contribution in [1.82, 2.24) is 0 Å². The smallest absolute Gasteiger partial charge is 0.158 e.